The number of allylic oxidation sites excluding steroid dienone is 4. The molecule has 1 heteroatoms. The zero-order valence-electron chi connectivity index (χ0n) is 21.4. The molecule has 1 heterocycles. The highest BCUT2D eigenvalue weighted by Gasteiger charge is 2.49. The van der Waals surface area contributed by atoms with E-state index in [9.17, 15) is 0 Å². The molecule has 1 N–H and O–H groups in total. The van der Waals surface area contributed by atoms with Gasteiger partial charge in [0.15, 0.2) is 0 Å². The summed E-state index contributed by atoms with van der Waals surface area (Å²) in [5.41, 5.74) is 8.06. The second-order valence-electron chi connectivity index (χ2n) is 11.3. The largest absolute Gasteiger partial charge is 0.354 e. The third kappa shape index (κ3) is 3.05. The molecular formula is C37H29N. The van der Waals surface area contributed by atoms with Gasteiger partial charge in [0.25, 0.3) is 0 Å². The minimum Gasteiger partial charge on any atom is -0.354 e. The van der Waals surface area contributed by atoms with Crippen LogP contribution in [0.15, 0.2) is 133 Å². The number of hydrogen-bond acceptors (Lipinski definition) is 0. The zero-order chi connectivity index (χ0) is 25.3. The summed E-state index contributed by atoms with van der Waals surface area (Å²) in [5.74, 6) is 0.953. The van der Waals surface area contributed by atoms with Gasteiger partial charge in [-0.3, -0.25) is 0 Å². The molecule has 8 rings (SSSR count). The van der Waals surface area contributed by atoms with Gasteiger partial charge in [-0.1, -0.05) is 116 Å². The number of fused-ring (bicyclic) bond motifs is 6. The molecule has 5 aromatic carbocycles. The Morgan fingerprint density at radius 3 is 2.16 bits per heavy atom. The van der Waals surface area contributed by atoms with Crippen molar-refractivity contribution in [3.8, 4) is 0 Å². The van der Waals surface area contributed by atoms with Crippen molar-refractivity contribution in [2.75, 3.05) is 0 Å². The molecular weight excluding hydrogens is 458 g/mol. The summed E-state index contributed by atoms with van der Waals surface area (Å²) >= 11 is 0. The molecule has 38 heavy (non-hydrogen) atoms. The van der Waals surface area contributed by atoms with Gasteiger partial charge in [-0.15, -0.1) is 0 Å². The molecule has 2 aliphatic rings. The SMILES string of the molecule is CC12C=CC=CC1C(c1ccc3[nH]c4cc5ccccc5cc4c3c1)c1ccccc1C2c1ccccc1. The molecule has 1 aromatic heterocycles. The summed E-state index contributed by atoms with van der Waals surface area (Å²) in [6.45, 7) is 2.47. The monoisotopic (exact) mass is 487 g/mol. The van der Waals surface area contributed by atoms with Crippen LogP contribution < -0.4 is 0 Å². The fourth-order valence-electron chi connectivity index (χ4n) is 7.48. The maximum absolute atomic E-state index is 3.69. The van der Waals surface area contributed by atoms with Gasteiger partial charge in [0.2, 0.25) is 0 Å². The predicted molar refractivity (Wildman–Crippen MR) is 160 cm³/mol. The van der Waals surface area contributed by atoms with Gasteiger partial charge >= 0.3 is 0 Å². The molecule has 0 bridgehead atoms. The van der Waals surface area contributed by atoms with E-state index >= 15 is 0 Å². The molecule has 0 saturated carbocycles. The lowest BCUT2D eigenvalue weighted by Crippen LogP contribution is -2.41. The molecule has 0 saturated heterocycles. The molecule has 4 atom stereocenters. The summed E-state index contributed by atoms with van der Waals surface area (Å²) in [4.78, 5) is 3.69. The Balaban J connectivity index is 1.37. The lowest BCUT2D eigenvalue weighted by Gasteiger charge is -2.51. The second kappa shape index (κ2) is 8.07. The van der Waals surface area contributed by atoms with Crippen molar-refractivity contribution in [2.24, 2.45) is 11.3 Å². The summed E-state index contributed by atoms with van der Waals surface area (Å²) in [5, 5.41) is 5.17. The van der Waals surface area contributed by atoms with Crippen molar-refractivity contribution < 1.29 is 0 Å². The van der Waals surface area contributed by atoms with Gasteiger partial charge in [-0.2, -0.15) is 0 Å². The molecule has 0 spiro atoms. The van der Waals surface area contributed by atoms with E-state index in [0.29, 0.717) is 11.8 Å². The van der Waals surface area contributed by atoms with Crippen LogP contribution in [0.2, 0.25) is 0 Å². The second-order valence-corrected chi connectivity index (χ2v) is 11.3. The van der Waals surface area contributed by atoms with E-state index < -0.39 is 0 Å². The maximum Gasteiger partial charge on any atom is 0.0471 e. The number of nitrogens with one attached hydrogen (secondary N) is 1. The summed E-state index contributed by atoms with van der Waals surface area (Å²) < 4.78 is 0. The van der Waals surface area contributed by atoms with Crippen LogP contribution in [-0.4, -0.2) is 4.98 Å². The first-order valence-corrected chi connectivity index (χ1v) is 13.6. The number of aromatic amines is 1. The fourth-order valence-corrected chi connectivity index (χ4v) is 7.48. The van der Waals surface area contributed by atoms with Crippen LogP contribution >= 0.6 is 0 Å². The minimum atomic E-state index is -0.0273. The quantitative estimate of drug-likeness (QED) is 0.250. The van der Waals surface area contributed by atoms with Crippen LogP contribution in [0.25, 0.3) is 32.6 Å². The predicted octanol–water partition coefficient (Wildman–Crippen LogP) is 9.50. The van der Waals surface area contributed by atoms with Crippen LogP contribution in [0.3, 0.4) is 0 Å². The van der Waals surface area contributed by atoms with E-state index in [0.717, 1.165) is 0 Å². The first-order valence-electron chi connectivity index (χ1n) is 13.6. The van der Waals surface area contributed by atoms with E-state index in [-0.39, 0.29) is 11.3 Å². The lowest BCUT2D eigenvalue weighted by atomic mass is 9.52. The summed E-state index contributed by atoms with van der Waals surface area (Å²) in [6, 6.07) is 40.6. The van der Waals surface area contributed by atoms with Crippen molar-refractivity contribution in [1.82, 2.24) is 4.98 Å². The molecule has 1 nitrogen and oxygen atoms in total. The summed E-state index contributed by atoms with van der Waals surface area (Å²) in [6.07, 6.45) is 9.44. The van der Waals surface area contributed by atoms with Crippen LogP contribution in [0.1, 0.15) is 41.0 Å². The Bertz CT molecular complexity index is 1900. The third-order valence-corrected chi connectivity index (χ3v) is 9.21. The molecule has 182 valence electrons. The van der Waals surface area contributed by atoms with E-state index in [1.165, 1.54) is 54.8 Å². The molecule has 6 aromatic rings. The minimum absolute atomic E-state index is 0.0273. The number of hydrogen-bond donors (Lipinski definition) is 1. The number of aromatic nitrogens is 1. The normalized spacial score (nSPS) is 24.1. The maximum atomic E-state index is 3.69. The first kappa shape index (κ1) is 21.7. The van der Waals surface area contributed by atoms with E-state index in [1.807, 2.05) is 0 Å². The highest BCUT2D eigenvalue weighted by Crippen LogP contribution is 2.60. The third-order valence-electron chi connectivity index (χ3n) is 9.21. The fraction of sp³-hybridized carbons (Fsp3) is 0.135. The van der Waals surface area contributed by atoms with Crippen LogP contribution in [0.5, 0.6) is 0 Å². The Labute approximate surface area is 223 Å². The lowest BCUT2D eigenvalue weighted by molar-refractivity contribution is 0.225. The van der Waals surface area contributed by atoms with Crippen molar-refractivity contribution >= 4 is 32.6 Å². The average Bonchev–Trinajstić information content (AvgIpc) is 3.31. The van der Waals surface area contributed by atoms with Crippen molar-refractivity contribution in [2.45, 2.75) is 18.8 Å². The molecule has 0 radical (unpaired) electrons. The Hall–Kier alpha value is -4.36. The highest BCUT2D eigenvalue weighted by atomic mass is 14.7. The zero-order valence-corrected chi connectivity index (χ0v) is 21.4. The molecule has 2 aliphatic carbocycles. The Morgan fingerprint density at radius 1 is 0.605 bits per heavy atom. The molecule has 0 aliphatic heterocycles. The standard InChI is InChI=1S/C37H29N/c1-37-20-10-9-17-32(37)35(28-15-7-8-16-29(28)36(37)24-11-3-2-4-12-24)27-18-19-33-30(22-27)31-21-25-13-5-6-14-26(25)23-34(31)38-33/h2-23,32,35-36,38H,1H3. The number of H-pyrrole nitrogens is 1. The van der Waals surface area contributed by atoms with E-state index in [2.05, 4.69) is 145 Å². The topological polar surface area (TPSA) is 15.8 Å². The van der Waals surface area contributed by atoms with Gasteiger partial charge in [0.05, 0.1) is 0 Å². The van der Waals surface area contributed by atoms with Crippen LogP contribution in [-0.2, 0) is 0 Å². The van der Waals surface area contributed by atoms with Gasteiger partial charge in [0, 0.05) is 39.1 Å². The molecule has 0 amide bonds. The average molecular weight is 488 g/mol. The van der Waals surface area contributed by atoms with Crippen molar-refractivity contribution in [3.05, 3.63) is 156 Å². The van der Waals surface area contributed by atoms with Gasteiger partial charge in [0.1, 0.15) is 0 Å². The van der Waals surface area contributed by atoms with E-state index in [4.69, 9.17) is 0 Å². The summed E-state index contributed by atoms with van der Waals surface area (Å²) in [7, 11) is 0. The first-order chi connectivity index (χ1) is 18.7. The van der Waals surface area contributed by atoms with Crippen LogP contribution in [0, 0.1) is 11.3 Å². The molecule has 4 unspecified atom stereocenters. The van der Waals surface area contributed by atoms with Gasteiger partial charge in [-0.25, -0.2) is 0 Å². The van der Waals surface area contributed by atoms with Gasteiger partial charge in [-0.05, 0) is 63.2 Å². The number of rotatable bonds is 2. The highest BCUT2D eigenvalue weighted by molar-refractivity contribution is 6.12. The Kier molecular flexibility index (Phi) is 4.61. The van der Waals surface area contributed by atoms with Crippen molar-refractivity contribution in [1.29, 1.82) is 0 Å². The Morgan fingerprint density at radius 2 is 1.32 bits per heavy atom. The number of benzene rings is 5. The molecule has 0 fully saturated rings. The van der Waals surface area contributed by atoms with Gasteiger partial charge < -0.3 is 4.98 Å². The van der Waals surface area contributed by atoms with Crippen molar-refractivity contribution in [3.63, 3.8) is 0 Å². The smallest absolute Gasteiger partial charge is 0.0471 e. The van der Waals surface area contributed by atoms with E-state index in [1.54, 1.807) is 0 Å². The van der Waals surface area contributed by atoms with Crippen LogP contribution in [0.4, 0.5) is 0 Å².